The normalized spacial score (nSPS) is 11.2. The van der Waals surface area contributed by atoms with Crippen molar-refractivity contribution in [3.8, 4) is 17.2 Å². The maximum Gasteiger partial charge on any atom is 0.272 e. The Kier molecular flexibility index (Phi) is 8.50. The van der Waals surface area contributed by atoms with Crippen LogP contribution < -0.4 is 30.5 Å². The van der Waals surface area contributed by atoms with Crippen LogP contribution in [0.5, 0.6) is 17.2 Å². The molecule has 1 heterocycles. The summed E-state index contributed by atoms with van der Waals surface area (Å²) in [4.78, 5) is 25.9. The highest BCUT2D eigenvalue weighted by atomic mass is 35.5. The molecular weight excluding hydrogens is 510 g/mol. The van der Waals surface area contributed by atoms with Crippen molar-refractivity contribution in [3.05, 3.63) is 94.0 Å². The minimum Gasteiger partial charge on any atom is -0.493 e. The Labute approximate surface area is 224 Å². The van der Waals surface area contributed by atoms with Crippen LogP contribution in [0.25, 0.3) is 11.0 Å². The molecule has 0 spiro atoms. The van der Waals surface area contributed by atoms with E-state index in [1.54, 1.807) is 62.8 Å². The van der Waals surface area contributed by atoms with Crippen LogP contribution in [0.3, 0.4) is 0 Å². The van der Waals surface area contributed by atoms with Crippen LogP contribution in [0.4, 0.5) is 0 Å². The van der Waals surface area contributed by atoms with Gasteiger partial charge in [0.25, 0.3) is 11.8 Å². The summed E-state index contributed by atoms with van der Waals surface area (Å²) in [5.74, 6) is 0.708. The quantitative estimate of drug-likeness (QED) is 0.309. The number of rotatable bonds is 9. The summed E-state index contributed by atoms with van der Waals surface area (Å²) in [6.45, 7) is 0.329. The highest BCUT2D eigenvalue weighted by molar-refractivity contribution is 6.33. The van der Waals surface area contributed by atoms with Crippen molar-refractivity contribution < 1.29 is 28.2 Å². The van der Waals surface area contributed by atoms with E-state index in [4.69, 9.17) is 30.2 Å². The number of carbonyl (C=O) groups excluding carboxylic acids is 2. The second-order valence-corrected chi connectivity index (χ2v) is 8.48. The van der Waals surface area contributed by atoms with Gasteiger partial charge in [-0.25, -0.2) is 5.43 Å². The molecule has 196 valence electrons. The Morgan fingerprint density at radius 3 is 2.34 bits per heavy atom. The number of carbonyl (C=O) groups is 2. The van der Waals surface area contributed by atoms with Crippen LogP contribution in [0, 0.1) is 0 Å². The van der Waals surface area contributed by atoms with E-state index in [2.05, 4.69) is 15.8 Å². The number of nitrogens with one attached hydrogen (secondary N) is 2. The molecule has 4 rings (SSSR count). The SMILES string of the molecule is COc1ccc(CCNC(=O)c2cc3cccc(OC)c3o/c2=N/NC(=O)c2ccccc2Cl)cc1OC. The number of methoxy groups -OCH3 is 3. The van der Waals surface area contributed by atoms with E-state index < -0.39 is 11.8 Å². The zero-order chi connectivity index (χ0) is 27.1. The molecule has 0 saturated heterocycles. The van der Waals surface area contributed by atoms with Gasteiger partial charge in [-0.3, -0.25) is 9.59 Å². The van der Waals surface area contributed by atoms with E-state index in [0.717, 1.165) is 5.56 Å². The lowest BCUT2D eigenvalue weighted by atomic mass is 10.1. The molecule has 0 aliphatic carbocycles. The third-order valence-corrected chi connectivity index (χ3v) is 6.06. The van der Waals surface area contributed by atoms with Crippen LogP contribution in [0.1, 0.15) is 26.3 Å². The number of hydrogen-bond acceptors (Lipinski definition) is 7. The van der Waals surface area contributed by atoms with Gasteiger partial charge >= 0.3 is 0 Å². The molecule has 0 radical (unpaired) electrons. The first kappa shape index (κ1) is 26.6. The first-order chi connectivity index (χ1) is 18.4. The number of amides is 2. The second kappa shape index (κ2) is 12.2. The van der Waals surface area contributed by atoms with Gasteiger partial charge in [-0.1, -0.05) is 41.9 Å². The Morgan fingerprint density at radius 1 is 0.842 bits per heavy atom. The topological polar surface area (TPSA) is 111 Å². The Balaban J connectivity index is 1.61. The number of fused-ring (bicyclic) bond motifs is 1. The molecule has 0 aliphatic heterocycles. The van der Waals surface area contributed by atoms with Gasteiger partial charge in [0.2, 0.25) is 5.55 Å². The van der Waals surface area contributed by atoms with Crippen molar-refractivity contribution in [3.63, 3.8) is 0 Å². The summed E-state index contributed by atoms with van der Waals surface area (Å²) in [6, 6.07) is 19.0. The summed E-state index contributed by atoms with van der Waals surface area (Å²) in [7, 11) is 4.65. The summed E-state index contributed by atoms with van der Waals surface area (Å²) < 4.78 is 21.9. The molecule has 9 nitrogen and oxygen atoms in total. The molecule has 3 aromatic carbocycles. The third-order valence-electron chi connectivity index (χ3n) is 5.73. The number of ether oxygens (including phenoxy) is 3. The van der Waals surface area contributed by atoms with Crippen LogP contribution in [-0.2, 0) is 6.42 Å². The number of hydrogen-bond donors (Lipinski definition) is 2. The average Bonchev–Trinajstić information content (AvgIpc) is 2.95. The van der Waals surface area contributed by atoms with Gasteiger partial charge in [0.15, 0.2) is 22.8 Å². The fraction of sp³-hybridized carbons (Fsp3) is 0.179. The molecule has 4 aromatic rings. The Hall–Kier alpha value is -4.50. The van der Waals surface area contributed by atoms with Crippen molar-refractivity contribution in [1.29, 1.82) is 0 Å². The van der Waals surface area contributed by atoms with Crippen molar-refractivity contribution in [2.24, 2.45) is 5.10 Å². The van der Waals surface area contributed by atoms with Crippen LogP contribution in [-0.4, -0.2) is 39.7 Å². The molecule has 1 aromatic heterocycles. The summed E-state index contributed by atoms with van der Waals surface area (Å²) in [5, 5.41) is 7.89. The summed E-state index contributed by atoms with van der Waals surface area (Å²) in [5.41, 5.74) is 4.03. The number of nitrogens with zero attached hydrogens (tertiary/aromatic N) is 1. The summed E-state index contributed by atoms with van der Waals surface area (Å²) >= 11 is 6.12. The maximum absolute atomic E-state index is 13.2. The highest BCUT2D eigenvalue weighted by Crippen LogP contribution is 2.28. The lowest BCUT2D eigenvalue weighted by Crippen LogP contribution is -2.32. The molecular formula is C28H26ClN3O6. The van der Waals surface area contributed by atoms with E-state index in [1.165, 1.54) is 7.11 Å². The monoisotopic (exact) mass is 535 g/mol. The van der Waals surface area contributed by atoms with Gasteiger partial charge in [0, 0.05) is 11.9 Å². The smallest absolute Gasteiger partial charge is 0.272 e. The maximum atomic E-state index is 13.2. The van der Waals surface area contributed by atoms with Gasteiger partial charge in [-0.2, -0.15) is 0 Å². The molecule has 0 fully saturated rings. The molecule has 0 bridgehead atoms. The third kappa shape index (κ3) is 5.90. The van der Waals surface area contributed by atoms with Gasteiger partial charge < -0.3 is 23.9 Å². The molecule has 10 heteroatoms. The predicted octanol–water partition coefficient (Wildman–Crippen LogP) is 4.33. The zero-order valence-electron chi connectivity index (χ0n) is 21.0. The molecule has 2 amide bonds. The van der Waals surface area contributed by atoms with Gasteiger partial charge in [0.05, 0.1) is 31.9 Å². The van der Waals surface area contributed by atoms with E-state index in [9.17, 15) is 9.59 Å². The second-order valence-electron chi connectivity index (χ2n) is 8.07. The predicted molar refractivity (Wildman–Crippen MR) is 143 cm³/mol. The van der Waals surface area contributed by atoms with Gasteiger partial charge in [-0.05, 0) is 48.4 Å². The van der Waals surface area contributed by atoms with Crippen molar-refractivity contribution >= 4 is 34.4 Å². The standard InChI is InChI=1S/C28H26ClN3O6/c1-35-22-12-11-17(15-24(22)37-3)13-14-30-26(33)20-16-18-7-6-10-23(36-2)25(18)38-28(20)32-31-27(34)19-8-4-5-9-21(19)29/h4-12,15-16H,13-14H2,1-3H3,(H,30,33)(H,31,34)/b32-28+. The van der Waals surface area contributed by atoms with Crippen molar-refractivity contribution in [1.82, 2.24) is 10.7 Å². The van der Waals surface area contributed by atoms with Gasteiger partial charge in [0.1, 0.15) is 5.56 Å². The van der Waals surface area contributed by atoms with Crippen LogP contribution in [0.2, 0.25) is 5.02 Å². The zero-order valence-corrected chi connectivity index (χ0v) is 21.8. The molecule has 0 atom stereocenters. The van der Waals surface area contributed by atoms with E-state index in [1.807, 2.05) is 18.2 Å². The lowest BCUT2D eigenvalue weighted by molar-refractivity contribution is 0.0934. The van der Waals surface area contributed by atoms with Crippen LogP contribution >= 0.6 is 11.6 Å². The van der Waals surface area contributed by atoms with E-state index >= 15 is 0 Å². The van der Waals surface area contributed by atoms with Crippen molar-refractivity contribution in [2.45, 2.75) is 6.42 Å². The molecule has 0 unspecified atom stereocenters. The van der Waals surface area contributed by atoms with E-state index in [0.29, 0.717) is 41.2 Å². The molecule has 0 saturated carbocycles. The minimum absolute atomic E-state index is 0.0916. The number of halogens is 1. The fourth-order valence-electron chi connectivity index (χ4n) is 3.79. The van der Waals surface area contributed by atoms with Gasteiger partial charge in [-0.15, -0.1) is 5.10 Å². The largest absolute Gasteiger partial charge is 0.493 e. The first-order valence-corrected chi connectivity index (χ1v) is 12.0. The molecule has 0 aliphatic rings. The Morgan fingerprint density at radius 2 is 1.61 bits per heavy atom. The van der Waals surface area contributed by atoms with Crippen molar-refractivity contribution in [2.75, 3.05) is 27.9 Å². The van der Waals surface area contributed by atoms with Crippen LogP contribution in [0.15, 0.2) is 76.2 Å². The number of para-hydroxylation sites is 1. The number of benzene rings is 3. The molecule has 38 heavy (non-hydrogen) atoms. The lowest BCUT2D eigenvalue weighted by Gasteiger charge is -2.11. The average molecular weight is 536 g/mol. The molecule has 2 N–H and O–H groups in total. The Bertz CT molecular complexity index is 1550. The minimum atomic E-state index is -0.550. The fourth-order valence-corrected chi connectivity index (χ4v) is 4.01. The first-order valence-electron chi connectivity index (χ1n) is 11.6. The highest BCUT2D eigenvalue weighted by Gasteiger charge is 2.16. The summed E-state index contributed by atoms with van der Waals surface area (Å²) in [6.07, 6.45) is 0.542. The van der Waals surface area contributed by atoms with E-state index in [-0.39, 0.29) is 21.7 Å².